The second kappa shape index (κ2) is 7.75. The van der Waals surface area contributed by atoms with Gasteiger partial charge >= 0.3 is 0 Å². The molecule has 2 aromatic heterocycles. The van der Waals surface area contributed by atoms with Crippen LogP contribution in [0.25, 0.3) is 22.4 Å². The Kier molecular flexibility index (Phi) is 5.23. The van der Waals surface area contributed by atoms with E-state index in [1.54, 1.807) is 18.3 Å². The first-order valence-electron chi connectivity index (χ1n) is 8.26. The lowest BCUT2D eigenvalue weighted by molar-refractivity contribution is -0.118. The summed E-state index contributed by atoms with van der Waals surface area (Å²) in [6, 6.07) is 10.4. The molecule has 0 unspecified atom stereocenters. The number of hydrogen-bond donors (Lipinski definition) is 2. The zero-order chi connectivity index (χ0) is 17.6. The summed E-state index contributed by atoms with van der Waals surface area (Å²) in [5.41, 5.74) is 5.11. The molecule has 0 atom stereocenters. The van der Waals surface area contributed by atoms with Gasteiger partial charge in [-0.1, -0.05) is 6.07 Å². The Morgan fingerprint density at radius 2 is 2.00 bits per heavy atom. The van der Waals surface area contributed by atoms with E-state index in [1.807, 2.05) is 24.5 Å². The number of amides is 1. The number of nitrogens with one attached hydrogen (secondary N) is 2. The molecule has 0 aliphatic rings. The molecule has 0 saturated carbocycles. The van der Waals surface area contributed by atoms with Crippen LogP contribution in [0.4, 0.5) is 4.39 Å². The maximum atomic E-state index is 13.2. The fourth-order valence-electron chi connectivity index (χ4n) is 2.89. The molecular formula is C20H20FN3O. The molecule has 0 saturated heterocycles. The third-order valence-corrected chi connectivity index (χ3v) is 4.04. The zero-order valence-electron chi connectivity index (χ0n) is 14.1. The largest absolute Gasteiger partial charge is 0.360 e. The Morgan fingerprint density at radius 3 is 2.68 bits per heavy atom. The average molecular weight is 337 g/mol. The van der Waals surface area contributed by atoms with Gasteiger partial charge in [-0.2, -0.15) is 0 Å². The third kappa shape index (κ3) is 4.12. The molecule has 0 fully saturated rings. The Morgan fingerprint density at radius 1 is 1.20 bits per heavy atom. The number of benzene rings is 1. The fraction of sp³-hybridized carbons (Fsp3) is 0.200. The number of aryl methyl sites for hydroxylation is 1. The lowest BCUT2D eigenvalue weighted by Crippen LogP contribution is -2.21. The van der Waals surface area contributed by atoms with Crippen LogP contribution in [-0.2, 0) is 11.2 Å². The molecule has 0 spiro atoms. The SMILES string of the molecule is CC(=O)NCCCc1c[nH]c(-c2ccc(F)cc2)c1-c1cccnc1. The van der Waals surface area contributed by atoms with Gasteiger partial charge in [0.25, 0.3) is 0 Å². The Labute approximate surface area is 146 Å². The molecule has 3 rings (SSSR count). The van der Waals surface area contributed by atoms with Crippen molar-refractivity contribution in [1.82, 2.24) is 15.3 Å². The van der Waals surface area contributed by atoms with E-state index in [1.165, 1.54) is 19.1 Å². The van der Waals surface area contributed by atoms with E-state index in [-0.39, 0.29) is 11.7 Å². The summed E-state index contributed by atoms with van der Waals surface area (Å²) >= 11 is 0. The fourth-order valence-corrected chi connectivity index (χ4v) is 2.89. The molecule has 1 aromatic carbocycles. The van der Waals surface area contributed by atoms with Crippen molar-refractivity contribution in [2.45, 2.75) is 19.8 Å². The van der Waals surface area contributed by atoms with Crippen molar-refractivity contribution in [2.75, 3.05) is 6.54 Å². The molecule has 5 heteroatoms. The van der Waals surface area contributed by atoms with Gasteiger partial charge in [-0.25, -0.2) is 4.39 Å². The number of aromatic nitrogens is 2. The maximum Gasteiger partial charge on any atom is 0.216 e. The smallest absolute Gasteiger partial charge is 0.216 e. The minimum absolute atomic E-state index is 0.0199. The molecule has 2 N–H and O–H groups in total. The highest BCUT2D eigenvalue weighted by atomic mass is 19.1. The van der Waals surface area contributed by atoms with Crippen molar-refractivity contribution in [3.05, 3.63) is 66.4 Å². The number of carbonyl (C=O) groups excluding carboxylic acids is 1. The number of nitrogens with zero attached hydrogens (tertiary/aromatic N) is 1. The van der Waals surface area contributed by atoms with Gasteiger partial charge in [-0.3, -0.25) is 9.78 Å². The van der Waals surface area contributed by atoms with Crippen LogP contribution in [0.2, 0.25) is 0 Å². The van der Waals surface area contributed by atoms with Crippen molar-refractivity contribution in [3.63, 3.8) is 0 Å². The van der Waals surface area contributed by atoms with Crippen molar-refractivity contribution in [1.29, 1.82) is 0 Å². The molecule has 3 aromatic rings. The predicted octanol–water partition coefficient (Wildman–Crippen LogP) is 3.95. The standard InChI is InChI=1S/C20H20FN3O/c1-14(25)23-11-3-5-17-13-24-20(15-6-8-18(21)9-7-15)19(17)16-4-2-10-22-12-16/h2,4,6-10,12-13,24H,3,5,11H2,1H3,(H,23,25). The van der Waals surface area contributed by atoms with Crippen molar-refractivity contribution >= 4 is 5.91 Å². The first-order valence-corrected chi connectivity index (χ1v) is 8.26. The second-order valence-electron chi connectivity index (χ2n) is 5.90. The lowest BCUT2D eigenvalue weighted by Gasteiger charge is -2.09. The van der Waals surface area contributed by atoms with Gasteiger partial charge in [0.05, 0.1) is 5.69 Å². The van der Waals surface area contributed by atoms with Gasteiger partial charge in [0, 0.05) is 43.2 Å². The molecule has 2 heterocycles. The van der Waals surface area contributed by atoms with Crippen LogP contribution in [0.5, 0.6) is 0 Å². The molecule has 0 aliphatic heterocycles. The summed E-state index contributed by atoms with van der Waals surface area (Å²) in [6.45, 7) is 2.16. The van der Waals surface area contributed by atoms with E-state index < -0.39 is 0 Å². The van der Waals surface area contributed by atoms with Gasteiger partial charge in [0.15, 0.2) is 0 Å². The van der Waals surface area contributed by atoms with E-state index >= 15 is 0 Å². The van der Waals surface area contributed by atoms with Crippen LogP contribution in [0.15, 0.2) is 55.0 Å². The summed E-state index contributed by atoms with van der Waals surface area (Å²) < 4.78 is 13.2. The zero-order valence-corrected chi connectivity index (χ0v) is 14.1. The Bertz CT molecular complexity index is 841. The minimum atomic E-state index is -0.256. The van der Waals surface area contributed by atoms with Gasteiger partial charge in [0.2, 0.25) is 5.91 Å². The Balaban J connectivity index is 1.93. The number of halogens is 1. The van der Waals surface area contributed by atoms with Crippen molar-refractivity contribution in [3.8, 4) is 22.4 Å². The van der Waals surface area contributed by atoms with E-state index in [0.717, 1.165) is 40.8 Å². The second-order valence-corrected chi connectivity index (χ2v) is 5.90. The molecule has 25 heavy (non-hydrogen) atoms. The monoisotopic (exact) mass is 337 g/mol. The highest BCUT2D eigenvalue weighted by Crippen LogP contribution is 2.34. The predicted molar refractivity (Wildman–Crippen MR) is 96.4 cm³/mol. The molecule has 0 bridgehead atoms. The normalized spacial score (nSPS) is 10.6. The first-order chi connectivity index (χ1) is 12.1. The summed E-state index contributed by atoms with van der Waals surface area (Å²) in [5, 5.41) is 2.82. The number of pyridine rings is 1. The Hall–Kier alpha value is -2.95. The lowest BCUT2D eigenvalue weighted by atomic mass is 9.97. The maximum absolute atomic E-state index is 13.2. The minimum Gasteiger partial charge on any atom is -0.360 e. The van der Waals surface area contributed by atoms with Gasteiger partial charge in [-0.15, -0.1) is 0 Å². The highest BCUT2D eigenvalue weighted by molar-refractivity contribution is 5.83. The molecule has 0 aliphatic carbocycles. The molecular weight excluding hydrogens is 317 g/mol. The first kappa shape index (κ1) is 16.9. The number of rotatable bonds is 6. The summed E-state index contributed by atoms with van der Waals surface area (Å²) in [7, 11) is 0. The van der Waals surface area contributed by atoms with Gasteiger partial charge in [0.1, 0.15) is 5.82 Å². The van der Waals surface area contributed by atoms with Gasteiger partial charge in [-0.05, 0) is 54.3 Å². The third-order valence-electron chi connectivity index (χ3n) is 4.04. The summed E-state index contributed by atoms with van der Waals surface area (Å²) in [5.74, 6) is -0.276. The number of hydrogen-bond acceptors (Lipinski definition) is 2. The summed E-state index contributed by atoms with van der Waals surface area (Å²) in [4.78, 5) is 18.5. The van der Waals surface area contributed by atoms with Gasteiger partial charge < -0.3 is 10.3 Å². The van der Waals surface area contributed by atoms with E-state index in [4.69, 9.17) is 0 Å². The van der Waals surface area contributed by atoms with Crippen molar-refractivity contribution in [2.24, 2.45) is 0 Å². The molecule has 0 radical (unpaired) electrons. The topological polar surface area (TPSA) is 57.8 Å². The van der Waals surface area contributed by atoms with E-state index in [9.17, 15) is 9.18 Å². The average Bonchev–Trinajstić information content (AvgIpc) is 3.04. The van der Waals surface area contributed by atoms with Crippen LogP contribution in [0.1, 0.15) is 18.9 Å². The number of H-pyrrole nitrogens is 1. The highest BCUT2D eigenvalue weighted by Gasteiger charge is 2.15. The molecule has 128 valence electrons. The van der Waals surface area contributed by atoms with Crippen LogP contribution in [0.3, 0.4) is 0 Å². The number of aromatic amines is 1. The van der Waals surface area contributed by atoms with E-state index in [2.05, 4.69) is 15.3 Å². The van der Waals surface area contributed by atoms with Crippen LogP contribution < -0.4 is 5.32 Å². The molecule has 1 amide bonds. The van der Waals surface area contributed by atoms with Crippen LogP contribution in [0, 0.1) is 5.82 Å². The van der Waals surface area contributed by atoms with Crippen molar-refractivity contribution < 1.29 is 9.18 Å². The number of carbonyl (C=O) groups is 1. The summed E-state index contributed by atoms with van der Waals surface area (Å²) in [6.07, 6.45) is 7.21. The van der Waals surface area contributed by atoms with Crippen LogP contribution >= 0.6 is 0 Å². The van der Waals surface area contributed by atoms with E-state index in [0.29, 0.717) is 6.54 Å². The van der Waals surface area contributed by atoms with Crippen LogP contribution in [-0.4, -0.2) is 22.4 Å². The molecule has 4 nitrogen and oxygen atoms in total. The quantitative estimate of drug-likeness (QED) is 0.669.